The van der Waals surface area contributed by atoms with Gasteiger partial charge >= 0.3 is 0 Å². The highest BCUT2D eigenvalue weighted by molar-refractivity contribution is 5.26. The molecule has 2 heteroatoms. The molecule has 1 heterocycles. The average Bonchev–Trinajstić information content (AvgIpc) is 2.69. The second-order valence-corrected chi connectivity index (χ2v) is 5.39. The summed E-state index contributed by atoms with van der Waals surface area (Å²) in [5.41, 5.74) is 3.86. The maximum Gasteiger partial charge on any atom is 0.105 e. The number of aryl methyl sites for hydroxylation is 3. The molecule has 19 heavy (non-hydrogen) atoms. The van der Waals surface area contributed by atoms with Crippen LogP contribution in [0.25, 0.3) is 0 Å². The van der Waals surface area contributed by atoms with Gasteiger partial charge in [0.25, 0.3) is 0 Å². The first kappa shape index (κ1) is 13.9. The molecular formula is C17H23NO. The second-order valence-electron chi connectivity index (χ2n) is 5.39. The zero-order valence-corrected chi connectivity index (χ0v) is 12.4. The van der Waals surface area contributed by atoms with E-state index in [2.05, 4.69) is 56.4 Å². The molecule has 0 aliphatic heterocycles. The lowest BCUT2D eigenvalue weighted by molar-refractivity contribution is 0.469. The van der Waals surface area contributed by atoms with E-state index in [1.54, 1.807) is 0 Å². The number of benzene rings is 1. The highest BCUT2D eigenvalue weighted by Crippen LogP contribution is 2.24. The van der Waals surface area contributed by atoms with E-state index in [4.69, 9.17) is 4.42 Å². The van der Waals surface area contributed by atoms with Crippen LogP contribution in [-0.2, 0) is 0 Å². The zero-order chi connectivity index (χ0) is 14.0. The van der Waals surface area contributed by atoms with E-state index in [0.717, 1.165) is 11.5 Å². The molecule has 0 saturated carbocycles. The van der Waals surface area contributed by atoms with Gasteiger partial charge in [0.2, 0.25) is 0 Å². The third-order valence-electron chi connectivity index (χ3n) is 3.62. The van der Waals surface area contributed by atoms with Gasteiger partial charge in [0.15, 0.2) is 0 Å². The predicted molar refractivity (Wildman–Crippen MR) is 79.3 cm³/mol. The Morgan fingerprint density at radius 2 is 1.58 bits per heavy atom. The summed E-state index contributed by atoms with van der Waals surface area (Å²) in [7, 11) is 0. The Labute approximate surface area is 115 Å². The summed E-state index contributed by atoms with van der Waals surface area (Å²) >= 11 is 0. The smallest absolute Gasteiger partial charge is 0.105 e. The minimum Gasteiger partial charge on any atom is -0.466 e. The van der Waals surface area contributed by atoms with Crippen LogP contribution in [0.5, 0.6) is 0 Å². The molecule has 2 rings (SSSR count). The van der Waals surface area contributed by atoms with E-state index in [9.17, 15) is 0 Å². The van der Waals surface area contributed by atoms with E-state index in [-0.39, 0.29) is 6.04 Å². The predicted octanol–water partition coefficient (Wildman–Crippen LogP) is 4.62. The number of furan rings is 1. The molecule has 0 fully saturated rings. The van der Waals surface area contributed by atoms with Gasteiger partial charge in [0.05, 0.1) is 0 Å². The van der Waals surface area contributed by atoms with Crippen molar-refractivity contribution >= 4 is 0 Å². The van der Waals surface area contributed by atoms with E-state index >= 15 is 0 Å². The molecule has 2 aromatic rings. The first-order chi connectivity index (χ1) is 8.97. The van der Waals surface area contributed by atoms with Gasteiger partial charge in [-0.15, -0.1) is 0 Å². The van der Waals surface area contributed by atoms with Crippen LogP contribution in [0.4, 0.5) is 0 Å². The van der Waals surface area contributed by atoms with Crippen molar-refractivity contribution in [3.05, 3.63) is 58.5 Å². The molecule has 0 bridgehead atoms. The van der Waals surface area contributed by atoms with Crippen molar-refractivity contribution in [2.24, 2.45) is 0 Å². The van der Waals surface area contributed by atoms with Crippen LogP contribution >= 0.6 is 0 Å². The number of hydrogen-bond acceptors (Lipinski definition) is 2. The molecule has 1 unspecified atom stereocenters. The topological polar surface area (TPSA) is 25.2 Å². The van der Waals surface area contributed by atoms with Crippen molar-refractivity contribution in [2.45, 2.75) is 46.7 Å². The maximum atomic E-state index is 5.60. The highest BCUT2D eigenvalue weighted by Gasteiger charge is 2.15. The largest absolute Gasteiger partial charge is 0.466 e. The van der Waals surface area contributed by atoms with Gasteiger partial charge in [-0.05, 0) is 46.2 Å². The number of nitrogens with one attached hydrogen (secondary N) is 1. The maximum absolute atomic E-state index is 5.60. The molecule has 0 amide bonds. The van der Waals surface area contributed by atoms with Crippen molar-refractivity contribution in [1.82, 2.24) is 5.32 Å². The van der Waals surface area contributed by atoms with Crippen molar-refractivity contribution in [3.8, 4) is 0 Å². The Hall–Kier alpha value is -1.54. The minimum atomic E-state index is 0.286. The fourth-order valence-corrected chi connectivity index (χ4v) is 2.50. The second kappa shape index (κ2) is 5.62. The van der Waals surface area contributed by atoms with Crippen molar-refractivity contribution in [1.29, 1.82) is 0 Å². The fraction of sp³-hybridized carbons (Fsp3) is 0.412. The first-order valence-electron chi connectivity index (χ1n) is 6.87. The molecule has 1 N–H and O–H groups in total. The molecule has 2 atom stereocenters. The Morgan fingerprint density at radius 3 is 2.11 bits per heavy atom. The van der Waals surface area contributed by atoms with Gasteiger partial charge in [-0.25, -0.2) is 0 Å². The fourth-order valence-electron chi connectivity index (χ4n) is 2.50. The van der Waals surface area contributed by atoms with Gasteiger partial charge in [0.1, 0.15) is 11.5 Å². The van der Waals surface area contributed by atoms with Crippen LogP contribution in [0.1, 0.15) is 54.1 Å². The molecule has 1 aromatic carbocycles. The third kappa shape index (κ3) is 3.27. The summed E-state index contributed by atoms with van der Waals surface area (Å²) in [5, 5.41) is 3.63. The van der Waals surface area contributed by atoms with Crippen LogP contribution < -0.4 is 5.32 Å². The summed E-state index contributed by atoms with van der Waals surface area (Å²) in [6.07, 6.45) is 0. The van der Waals surface area contributed by atoms with Gasteiger partial charge in [-0.3, -0.25) is 0 Å². The minimum absolute atomic E-state index is 0.286. The van der Waals surface area contributed by atoms with E-state index in [1.165, 1.54) is 16.7 Å². The van der Waals surface area contributed by atoms with E-state index < -0.39 is 0 Å². The van der Waals surface area contributed by atoms with Gasteiger partial charge in [-0.2, -0.15) is 0 Å². The monoisotopic (exact) mass is 257 g/mol. The van der Waals surface area contributed by atoms with Crippen LogP contribution in [0.15, 0.2) is 34.7 Å². The van der Waals surface area contributed by atoms with Crippen molar-refractivity contribution < 1.29 is 4.42 Å². The van der Waals surface area contributed by atoms with Gasteiger partial charge < -0.3 is 9.73 Å². The Kier molecular flexibility index (Phi) is 4.11. The highest BCUT2D eigenvalue weighted by atomic mass is 16.3. The SMILES string of the molecule is Cc1ccc([C@H](C)NC(C)c2cc(C)oc2C)cc1. The Bertz CT molecular complexity index is 539. The molecule has 102 valence electrons. The van der Waals surface area contributed by atoms with Crippen LogP contribution in [0.2, 0.25) is 0 Å². The lowest BCUT2D eigenvalue weighted by atomic mass is 10.0. The van der Waals surface area contributed by atoms with Crippen LogP contribution in [0.3, 0.4) is 0 Å². The van der Waals surface area contributed by atoms with Gasteiger partial charge in [-0.1, -0.05) is 29.8 Å². The van der Waals surface area contributed by atoms with Crippen LogP contribution in [-0.4, -0.2) is 0 Å². The third-order valence-corrected chi connectivity index (χ3v) is 3.62. The molecule has 0 aliphatic carbocycles. The zero-order valence-electron chi connectivity index (χ0n) is 12.4. The standard InChI is InChI=1S/C17H23NO/c1-11-6-8-16(9-7-11)13(3)18-14(4)17-10-12(2)19-15(17)5/h6-10,13-14,18H,1-5H3/t13-,14?/m0/s1. The molecular weight excluding hydrogens is 234 g/mol. The van der Waals surface area contributed by atoms with Crippen molar-refractivity contribution in [3.63, 3.8) is 0 Å². The average molecular weight is 257 g/mol. The Balaban J connectivity index is 2.08. The molecule has 0 saturated heterocycles. The molecule has 0 spiro atoms. The first-order valence-corrected chi connectivity index (χ1v) is 6.87. The summed E-state index contributed by atoms with van der Waals surface area (Å²) in [4.78, 5) is 0. The molecule has 2 nitrogen and oxygen atoms in total. The molecule has 0 aliphatic rings. The van der Waals surface area contributed by atoms with E-state index in [1.807, 2.05) is 13.8 Å². The Morgan fingerprint density at radius 1 is 0.947 bits per heavy atom. The summed E-state index contributed by atoms with van der Waals surface area (Å²) < 4.78 is 5.60. The summed E-state index contributed by atoms with van der Waals surface area (Å²) in [6.45, 7) is 10.5. The molecule has 0 radical (unpaired) electrons. The van der Waals surface area contributed by atoms with Crippen molar-refractivity contribution in [2.75, 3.05) is 0 Å². The lowest BCUT2D eigenvalue weighted by Gasteiger charge is -2.20. The van der Waals surface area contributed by atoms with E-state index in [0.29, 0.717) is 6.04 Å². The summed E-state index contributed by atoms with van der Waals surface area (Å²) in [5.74, 6) is 1.98. The normalized spacial score (nSPS) is 14.4. The number of rotatable bonds is 4. The quantitative estimate of drug-likeness (QED) is 0.864. The lowest BCUT2D eigenvalue weighted by Crippen LogP contribution is -2.22. The molecule has 1 aromatic heterocycles. The van der Waals surface area contributed by atoms with Gasteiger partial charge in [0, 0.05) is 17.6 Å². The number of hydrogen-bond donors (Lipinski definition) is 1. The van der Waals surface area contributed by atoms with Crippen LogP contribution in [0, 0.1) is 20.8 Å². The summed E-state index contributed by atoms with van der Waals surface area (Å²) in [6, 6.07) is 11.4.